The van der Waals surface area contributed by atoms with E-state index in [4.69, 9.17) is 4.74 Å². The highest BCUT2D eigenvalue weighted by Gasteiger charge is 2.12. The smallest absolute Gasteiger partial charge is 0.248 e. The summed E-state index contributed by atoms with van der Waals surface area (Å²) in [5.41, 5.74) is 4.38. The molecule has 27 heavy (non-hydrogen) atoms. The van der Waals surface area contributed by atoms with E-state index >= 15 is 0 Å². The number of benzene rings is 2. The van der Waals surface area contributed by atoms with Crippen molar-refractivity contribution in [1.82, 2.24) is 0 Å². The number of ether oxygens (including phenoxy) is 1. The van der Waals surface area contributed by atoms with Crippen LogP contribution in [0.25, 0.3) is 6.08 Å². The third kappa shape index (κ3) is 5.44. The van der Waals surface area contributed by atoms with Gasteiger partial charge in [-0.25, -0.2) is 0 Å². The minimum absolute atomic E-state index is 0.131. The average molecular weight is 364 g/mol. The Morgan fingerprint density at radius 3 is 2.22 bits per heavy atom. The molecule has 3 rings (SSSR count). The number of morpholine rings is 1. The lowest BCUT2D eigenvalue weighted by atomic mass is 9.87. The molecular weight excluding hydrogens is 336 g/mol. The Hall–Kier alpha value is -2.59. The van der Waals surface area contributed by atoms with Gasteiger partial charge in [-0.2, -0.15) is 0 Å². The van der Waals surface area contributed by atoms with Crippen LogP contribution in [-0.2, 0) is 14.9 Å². The summed E-state index contributed by atoms with van der Waals surface area (Å²) in [6, 6.07) is 16.3. The summed E-state index contributed by atoms with van der Waals surface area (Å²) < 4.78 is 5.38. The normalized spacial score (nSPS) is 15.1. The Kier molecular flexibility index (Phi) is 5.97. The molecular formula is C23H28N2O2. The summed E-state index contributed by atoms with van der Waals surface area (Å²) >= 11 is 0. The molecule has 2 aromatic carbocycles. The maximum atomic E-state index is 12.2. The second-order valence-corrected chi connectivity index (χ2v) is 7.84. The van der Waals surface area contributed by atoms with E-state index in [0.29, 0.717) is 0 Å². The van der Waals surface area contributed by atoms with E-state index in [0.717, 1.165) is 43.2 Å². The van der Waals surface area contributed by atoms with Gasteiger partial charge >= 0.3 is 0 Å². The van der Waals surface area contributed by atoms with Gasteiger partial charge in [-0.15, -0.1) is 0 Å². The first-order chi connectivity index (χ1) is 12.9. The van der Waals surface area contributed by atoms with E-state index in [-0.39, 0.29) is 11.3 Å². The molecule has 1 N–H and O–H groups in total. The third-order valence-electron chi connectivity index (χ3n) is 4.71. The number of nitrogens with one attached hydrogen (secondary N) is 1. The molecule has 1 amide bonds. The van der Waals surface area contributed by atoms with Crippen molar-refractivity contribution in [3.05, 3.63) is 65.7 Å². The van der Waals surface area contributed by atoms with Crippen LogP contribution in [-0.4, -0.2) is 32.2 Å². The number of carbonyl (C=O) groups excluding carboxylic acids is 1. The predicted octanol–water partition coefficient (Wildman–Crippen LogP) is 4.47. The third-order valence-corrected chi connectivity index (χ3v) is 4.71. The van der Waals surface area contributed by atoms with Gasteiger partial charge < -0.3 is 15.0 Å². The first-order valence-corrected chi connectivity index (χ1v) is 9.44. The Bertz CT molecular complexity index is 781. The highest BCUT2D eigenvalue weighted by atomic mass is 16.5. The molecule has 0 atom stereocenters. The van der Waals surface area contributed by atoms with Gasteiger partial charge in [-0.3, -0.25) is 4.79 Å². The van der Waals surface area contributed by atoms with Crippen molar-refractivity contribution in [3.8, 4) is 0 Å². The Labute approximate surface area is 161 Å². The number of anilines is 2. The number of carbonyl (C=O) groups is 1. The summed E-state index contributed by atoms with van der Waals surface area (Å²) in [4.78, 5) is 14.5. The lowest BCUT2D eigenvalue weighted by Gasteiger charge is -2.28. The van der Waals surface area contributed by atoms with E-state index in [2.05, 4.69) is 43.1 Å². The largest absolute Gasteiger partial charge is 0.378 e. The molecule has 0 spiro atoms. The summed E-state index contributed by atoms with van der Waals surface area (Å²) in [5, 5.41) is 2.91. The van der Waals surface area contributed by atoms with Crippen molar-refractivity contribution in [1.29, 1.82) is 0 Å². The number of hydrogen-bond acceptors (Lipinski definition) is 3. The van der Waals surface area contributed by atoms with Gasteiger partial charge in [0.15, 0.2) is 0 Å². The second-order valence-electron chi connectivity index (χ2n) is 7.84. The molecule has 1 fully saturated rings. The lowest BCUT2D eigenvalue weighted by Crippen LogP contribution is -2.36. The zero-order valence-electron chi connectivity index (χ0n) is 16.4. The SMILES string of the molecule is CC(C)(C)c1ccc(/C=C/C(=O)Nc2ccc(N3CCOCC3)cc2)cc1. The Morgan fingerprint density at radius 2 is 1.63 bits per heavy atom. The molecule has 0 aliphatic carbocycles. The first-order valence-electron chi connectivity index (χ1n) is 9.44. The van der Waals surface area contributed by atoms with Gasteiger partial charge in [0.2, 0.25) is 5.91 Å². The van der Waals surface area contributed by atoms with E-state index in [9.17, 15) is 4.79 Å². The number of hydrogen-bond donors (Lipinski definition) is 1. The van der Waals surface area contributed by atoms with Crippen LogP contribution in [0.3, 0.4) is 0 Å². The monoisotopic (exact) mass is 364 g/mol. The maximum Gasteiger partial charge on any atom is 0.248 e. The highest BCUT2D eigenvalue weighted by Crippen LogP contribution is 2.22. The van der Waals surface area contributed by atoms with Gasteiger partial charge in [0, 0.05) is 30.5 Å². The molecule has 4 nitrogen and oxygen atoms in total. The van der Waals surface area contributed by atoms with Crippen molar-refractivity contribution < 1.29 is 9.53 Å². The molecule has 142 valence electrons. The van der Waals surface area contributed by atoms with Crippen molar-refractivity contribution in [2.45, 2.75) is 26.2 Å². The second kappa shape index (κ2) is 8.40. The summed E-state index contributed by atoms with van der Waals surface area (Å²) in [6.07, 6.45) is 3.41. The van der Waals surface area contributed by atoms with Crippen molar-refractivity contribution in [3.63, 3.8) is 0 Å². The summed E-state index contributed by atoms with van der Waals surface area (Å²) in [6.45, 7) is 9.91. The number of amides is 1. The van der Waals surface area contributed by atoms with Crippen LogP contribution in [0.2, 0.25) is 0 Å². The first kappa shape index (κ1) is 19.2. The van der Waals surface area contributed by atoms with Crippen LogP contribution in [0.4, 0.5) is 11.4 Å². The molecule has 1 aliphatic heterocycles. The summed E-state index contributed by atoms with van der Waals surface area (Å²) in [7, 11) is 0. The molecule has 1 aliphatic rings. The topological polar surface area (TPSA) is 41.6 Å². The molecule has 1 heterocycles. The maximum absolute atomic E-state index is 12.2. The zero-order chi connectivity index (χ0) is 19.3. The van der Waals surface area contributed by atoms with Crippen molar-refractivity contribution >= 4 is 23.4 Å². The molecule has 2 aromatic rings. The van der Waals surface area contributed by atoms with Crippen LogP contribution in [0.5, 0.6) is 0 Å². The van der Waals surface area contributed by atoms with E-state index in [1.54, 1.807) is 6.08 Å². The van der Waals surface area contributed by atoms with Crippen LogP contribution >= 0.6 is 0 Å². The molecule has 4 heteroatoms. The van der Waals surface area contributed by atoms with Gasteiger partial charge in [0.05, 0.1) is 13.2 Å². The fraction of sp³-hybridized carbons (Fsp3) is 0.348. The predicted molar refractivity (Wildman–Crippen MR) is 112 cm³/mol. The Balaban J connectivity index is 1.56. The zero-order valence-corrected chi connectivity index (χ0v) is 16.4. The van der Waals surface area contributed by atoms with Crippen molar-refractivity contribution in [2.24, 2.45) is 0 Å². The van der Waals surface area contributed by atoms with Gasteiger partial charge in [-0.1, -0.05) is 45.0 Å². The van der Waals surface area contributed by atoms with Gasteiger partial charge in [0.1, 0.15) is 0 Å². The number of nitrogens with zero attached hydrogens (tertiary/aromatic N) is 1. The standard InChI is InChI=1S/C23H28N2O2/c1-23(2,3)19-7-4-18(5-8-19)6-13-22(26)24-20-9-11-21(12-10-20)25-14-16-27-17-15-25/h4-13H,14-17H2,1-3H3,(H,24,26)/b13-6+. The van der Waals surface area contributed by atoms with E-state index in [1.807, 2.05) is 42.5 Å². The fourth-order valence-corrected chi connectivity index (χ4v) is 3.03. The van der Waals surface area contributed by atoms with E-state index in [1.165, 1.54) is 5.56 Å². The van der Waals surface area contributed by atoms with Crippen LogP contribution in [0.1, 0.15) is 31.9 Å². The average Bonchev–Trinajstić information content (AvgIpc) is 2.67. The molecule has 0 aromatic heterocycles. The molecule has 0 radical (unpaired) electrons. The molecule has 0 unspecified atom stereocenters. The highest BCUT2D eigenvalue weighted by molar-refractivity contribution is 6.02. The van der Waals surface area contributed by atoms with Crippen LogP contribution < -0.4 is 10.2 Å². The minimum Gasteiger partial charge on any atom is -0.378 e. The minimum atomic E-state index is -0.131. The molecule has 1 saturated heterocycles. The lowest BCUT2D eigenvalue weighted by molar-refractivity contribution is -0.111. The fourth-order valence-electron chi connectivity index (χ4n) is 3.03. The van der Waals surface area contributed by atoms with Crippen molar-refractivity contribution in [2.75, 3.05) is 36.5 Å². The quantitative estimate of drug-likeness (QED) is 0.814. The number of rotatable bonds is 4. The molecule has 0 saturated carbocycles. The Morgan fingerprint density at radius 1 is 1.00 bits per heavy atom. The van der Waals surface area contributed by atoms with Gasteiger partial charge in [-0.05, 0) is 46.9 Å². The van der Waals surface area contributed by atoms with Gasteiger partial charge in [0.25, 0.3) is 0 Å². The summed E-state index contributed by atoms with van der Waals surface area (Å²) in [5.74, 6) is -0.131. The van der Waals surface area contributed by atoms with E-state index < -0.39 is 0 Å². The van der Waals surface area contributed by atoms with Crippen LogP contribution in [0, 0.1) is 0 Å². The van der Waals surface area contributed by atoms with Crippen LogP contribution in [0.15, 0.2) is 54.6 Å². The molecule has 0 bridgehead atoms.